The van der Waals surface area contributed by atoms with Crippen LogP contribution in [-0.2, 0) is 6.42 Å². The summed E-state index contributed by atoms with van der Waals surface area (Å²) in [6, 6.07) is 14.7. The number of benzene rings is 1. The van der Waals surface area contributed by atoms with E-state index in [1.165, 1.54) is 16.3 Å². The van der Waals surface area contributed by atoms with Crippen molar-refractivity contribution in [3.05, 3.63) is 72.3 Å². The van der Waals surface area contributed by atoms with Gasteiger partial charge in [-0.25, -0.2) is 0 Å². The van der Waals surface area contributed by atoms with Crippen molar-refractivity contribution in [2.75, 3.05) is 6.54 Å². The molecule has 3 aromatic rings. The summed E-state index contributed by atoms with van der Waals surface area (Å²) < 4.78 is 0. The van der Waals surface area contributed by atoms with Crippen LogP contribution in [0.3, 0.4) is 0 Å². The van der Waals surface area contributed by atoms with Gasteiger partial charge in [-0.05, 0) is 29.6 Å². The average Bonchev–Trinajstić information content (AvgIpc) is 2.55. The Balaban J connectivity index is 1.99. The van der Waals surface area contributed by atoms with Crippen LogP contribution >= 0.6 is 0 Å². The Bertz CT molecular complexity index is 704. The molecule has 0 aliphatic rings. The lowest BCUT2D eigenvalue weighted by atomic mass is 9.98. The van der Waals surface area contributed by atoms with Gasteiger partial charge in [0.25, 0.3) is 0 Å². The Morgan fingerprint density at radius 2 is 1.90 bits per heavy atom. The highest BCUT2D eigenvalue weighted by molar-refractivity contribution is 5.85. The van der Waals surface area contributed by atoms with E-state index < -0.39 is 0 Å². The van der Waals surface area contributed by atoms with Gasteiger partial charge in [0.05, 0.1) is 0 Å². The van der Waals surface area contributed by atoms with Gasteiger partial charge in [0, 0.05) is 42.1 Å². The summed E-state index contributed by atoms with van der Waals surface area (Å²) in [6.45, 7) is 3.05. The molecule has 0 amide bonds. The van der Waals surface area contributed by atoms with Crippen molar-refractivity contribution in [3.63, 3.8) is 0 Å². The lowest BCUT2D eigenvalue weighted by Crippen LogP contribution is -2.23. The van der Waals surface area contributed by atoms with Gasteiger partial charge in [0.15, 0.2) is 0 Å². The van der Waals surface area contributed by atoms with Crippen LogP contribution in [0.2, 0.25) is 0 Å². The number of aromatic nitrogens is 2. The Hall–Kier alpha value is -2.26. The van der Waals surface area contributed by atoms with Gasteiger partial charge in [-0.1, -0.05) is 37.3 Å². The molecular weight excluding hydrogens is 258 g/mol. The summed E-state index contributed by atoms with van der Waals surface area (Å²) in [5, 5.41) is 6.00. The van der Waals surface area contributed by atoms with Crippen molar-refractivity contribution in [1.82, 2.24) is 15.3 Å². The molecule has 0 radical (unpaired) electrons. The van der Waals surface area contributed by atoms with E-state index in [1.54, 1.807) is 0 Å². The zero-order chi connectivity index (χ0) is 14.5. The molecule has 0 bridgehead atoms. The number of fused-ring (bicyclic) bond motifs is 1. The molecule has 1 unspecified atom stereocenters. The first kappa shape index (κ1) is 13.7. The van der Waals surface area contributed by atoms with E-state index in [0.717, 1.165) is 18.7 Å². The largest absolute Gasteiger partial charge is 0.310 e. The van der Waals surface area contributed by atoms with Gasteiger partial charge < -0.3 is 5.32 Å². The highest BCUT2D eigenvalue weighted by atomic mass is 14.9. The van der Waals surface area contributed by atoms with Gasteiger partial charge >= 0.3 is 0 Å². The molecule has 3 nitrogen and oxygen atoms in total. The smallest absolute Gasteiger partial charge is 0.0422 e. The minimum Gasteiger partial charge on any atom is -0.310 e. The number of pyridine rings is 2. The van der Waals surface area contributed by atoms with Crippen LogP contribution < -0.4 is 5.32 Å². The standard InChI is InChI=1S/C18H19N3/c1-2-20-18(11-15-8-5-6-10-21-15)17-13-19-12-14-7-3-4-9-16(14)17/h3-10,12-13,18,20H,2,11H2,1H3. The average molecular weight is 277 g/mol. The van der Waals surface area contributed by atoms with E-state index in [0.29, 0.717) is 0 Å². The van der Waals surface area contributed by atoms with Crippen LogP contribution in [0.1, 0.15) is 24.2 Å². The first-order valence-electron chi connectivity index (χ1n) is 7.34. The predicted molar refractivity (Wildman–Crippen MR) is 86.1 cm³/mol. The molecule has 0 aliphatic heterocycles. The summed E-state index contributed by atoms with van der Waals surface area (Å²) >= 11 is 0. The molecule has 0 aliphatic carbocycles. The first-order valence-corrected chi connectivity index (χ1v) is 7.34. The fourth-order valence-corrected chi connectivity index (χ4v) is 2.68. The van der Waals surface area contributed by atoms with Gasteiger partial charge in [0.2, 0.25) is 0 Å². The van der Waals surface area contributed by atoms with Crippen LogP contribution in [0.15, 0.2) is 61.1 Å². The molecule has 3 heteroatoms. The molecular formula is C18H19N3. The molecule has 1 N–H and O–H groups in total. The number of rotatable bonds is 5. The lowest BCUT2D eigenvalue weighted by Gasteiger charge is -2.19. The molecule has 1 atom stereocenters. The molecule has 0 saturated heterocycles. The summed E-state index contributed by atoms with van der Waals surface area (Å²) in [7, 11) is 0. The van der Waals surface area contributed by atoms with Crippen molar-refractivity contribution in [2.24, 2.45) is 0 Å². The van der Waals surface area contributed by atoms with Crippen LogP contribution in [0, 0.1) is 0 Å². The maximum atomic E-state index is 4.45. The van der Waals surface area contributed by atoms with E-state index in [2.05, 4.69) is 52.5 Å². The molecule has 0 saturated carbocycles. The Kier molecular flexibility index (Phi) is 4.22. The highest BCUT2D eigenvalue weighted by Crippen LogP contribution is 2.25. The van der Waals surface area contributed by atoms with E-state index in [9.17, 15) is 0 Å². The zero-order valence-corrected chi connectivity index (χ0v) is 12.2. The maximum absolute atomic E-state index is 4.45. The molecule has 2 aromatic heterocycles. The predicted octanol–water partition coefficient (Wildman–Crippen LogP) is 3.52. The number of hydrogen-bond donors (Lipinski definition) is 1. The summed E-state index contributed by atoms with van der Waals surface area (Å²) in [5.74, 6) is 0. The van der Waals surface area contributed by atoms with Gasteiger partial charge in [-0.2, -0.15) is 0 Å². The van der Waals surface area contributed by atoms with Crippen LogP contribution in [0.25, 0.3) is 10.8 Å². The second kappa shape index (κ2) is 6.46. The second-order valence-corrected chi connectivity index (χ2v) is 5.09. The zero-order valence-electron chi connectivity index (χ0n) is 12.2. The third-order valence-electron chi connectivity index (χ3n) is 3.66. The first-order chi connectivity index (χ1) is 10.4. The van der Waals surface area contributed by atoms with Crippen molar-refractivity contribution in [2.45, 2.75) is 19.4 Å². The van der Waals surface area contributed by atoms with Crippen LogP contribution in [0.5, 0.6) is 0 Å². The van der Waals surface area contributed by atoms with E-state index in [4.69, 9.17) is 0 Å². The normalized spacial score (nSPS) is 12.4. The minimum absolute atomic E-state index is 0.225. The Morgan fingerprint density at radius 3 is 2.71 bits per heavy atom. The van der Waals surface area contributed by atoms with E-state index >= 15 is 0 Å². The second-order valence-electron chi connectivity index (χ2n) is 5.09. The van der Waals surface area contributed by atoms with Crippen molar-refractivity contribution in [3.8, 4) is 0 Å². The quantitative estimate of drug-likeness (QED) is 0.775. The Labute approximate surface area is 125 Å². The van der Waals surface area contributed by atoms with Crippen LogP contribution in [-0.4, -0.2) is 16.5 Å². The van der Waals surface area contributed by atoms with Gasteiger partial charge in [0.1, 0.15) is 0 Å². The third kappa shape index (κ3) is 3.09. The molecule has 3 rings (SSSR count). The summed E-state index contributed by atoms with van der Waals surface area (Å²) in [5.41, 5.74) is 2.33. The third-order valence-corrected chi connectivity index (χ3v) is 3.66. The van der Waals surface area contributed by atoms with Crippen LogP contribution in [0.4, 0.5) is 0 Å². The molecule has 2 heterocycles. The SMILES string of the molecule is CCNC(Cc1ccccn1)c1cncc2ccccc12. The topological polar surface area (TPSA) is 37.8 Å². The van der Waals surface area contributed by atoms with Gasteiger partial charge in [-0.3, -0.25) is 9.97 Å². The lowest BCUT2D eigenvalue weighted by molar-refractivity contribution is 0.546. The number of hydrogen-bond acceptors (Lipinski definition) is 3. The van der Waals surface area contributed by atoms with E-state index in [1.807, 2.05) is 30.7 Å². The fourth-order valence-electron chi connectivity index (χ4n) is 2.68. The van der Waals surface area contributed by atoms with E-state index in [-0.39, 0.29) is 6.04 Å². The molecule has 0 fully saturated rings. The van der Waals surface area contributed by atoms with Gasteiger partial charge in [-0.15, -0.1) is 0 Å². The molecule has 1 aromatic carbocycles. The monoisotopic (exact) mass is 277 g/mol. The number of nitrogens with one attached hydrogen (secondary N) is 1. The number of likely N-dealkylation sites (N-methyl/N-ethyl adjacent to an activating group) is 1. The summed E-state index contributed by atoms with van der Waals surface area (Å²) in [4.78, 5) is 8.84. The summed E-state index contributed by atoms with van der Waals surface area (Å²) in [6.07, 6.45) is 6.60. The van der Waals surface area contributed by atoms with Crippen molar-refractivity contribution in [1.29, 1.82) is 0 Å². The molecule has 106 valence electrons. The van der Waals surface area contributed by atoms with Crippen molar-refractivity contribution >= 4 is 10.8 Å². The molecule has 0 spiro atoms. The highest BCUT2D eigenvalue weighted by Gasteiger charge is 2.15. The maximum Gasteiger partial charge on any atom is 0.0422 e. The number of nitrogens with zero attached hydrogens (tertiary/aromatic N) is 2. The van der Waals surface area contributed by atoms with Crippen molar-refractivity contribution < 1.29 is 0 Å². The minimum atomic E-state index is 0.225. The fraction of sp³-hybridized carbons (Fsp3) is 0.222. The molecule has 21 heavy (non-hydrogen) atoms. The Morgan fingerprint density at radius 1 is 1.05 bits per heavy atom.